The number of halogens is 3. The molecule has 106 valence electrons. The van der Waals surface area contributed by atoms with Crippen molar-refractivity contribution in [2.24, 2.45) is 0 Å². The molecule has 1 N–H and O–H groups in total. The molecule has 20 heavy (non-hydrogen) atoms. The maximum absolute atomic E-state index is 13.0. The van der Waals surface area contributed by atoms with Crippen molar-refractivity contribution >= 4 is 27.5 Å². The molecule has 0 aliphatic carbocycles. The van der Waals surface area contributed by atoms with Crippen LogP contribution >= 0.6 is 27.5 Å². The molecule has 0 saturated carbocycles. The van der Waals surface area contributed by atoms with Crippen molar-refractivity contribution in [2.75, 3.05) is 7.05 Å². The van der Waals surface area contributed by atoms with Crippen LogP contribution in [0.3, 0.4) is 0 Å². The Morgan fingerprint density at radius 1 is 1.25 bits per heavy atom. The van der Waals surface area contributed by atoms with Gasteiger partial charge in [-0.15, -0.1) is 0 Å². The summed E-state index contributed by atoms with van der Waals surface area (Å²) >= 11 is 9.51. The molecule has 2 rings (SSSR count). The van der Waals surface area contributed by atoms with Gasteiger partial charge in [0.1, 0.15) is 17.3 Å². The first-order valence-electron chi connectivity index (χ1n) is 6.11. The lowest BCUT2D eigenvalue weighted by atomic mass is 10.1. The molecule has 0 saturated heterocycles. The first-order chi connectivity index (χ1) is 9.51. The molecule has 0 aliphatic heterocycles. The summed E-state index contributed by atoms with van der Waals surface area (Å²) in [4.78, 5) is 0. The van der Waals surface area contributed by atoms with Crippen molar-refractivity contribution in [1.29, 1.82) is 0 Å². The van der Waals surface area contributed by atoms with E-state index < -0.39 is 0 Å². The van der Waals surface area contributed by atoms with Gasteiger partial charge in [0.15, 0.2) is 0 Å². The average molecular weight is 359 g/mol. The van der Waals surface area contributed by atoms with Gasteiger partial charge in [0.05, 0.1) is 4.47 Å². The summed E-state index contributed by atoms with van der Waals surface area (Å²) < 4.78 is 19.3. The van der Waals surface area contributed by atoms with Gasteiger partial charge in [0, 0.05) is 11.1 Å². The van der Waals surface area contributed by atoms with Gasteiger partial charge in [-0.25, -0.2) is 4.39 Å². The third kappa shape index (κ3) is 3.51. The first kappa shape index (κ1) is 15.3. The highest BCUT2D eigenvalue weighted by Crippen LogP contribution is 2.33. The van der Waals surface area contributed by atoms with Crippen LogP contribution in [0.15, 0.2) is 40.9 Å². The number of ether oxygens (including phenoxy) is 1. The number of nitrogens with one attached hydrogen (secondary N) is 1. The summed E-state index contributed by atoms with van der Waals surface area (Å²) in [6.45, 7) is 2.03. The fraction of sp³-hybridized carbons (Fsp3) is 0.200. The fourth-order valence-corrected chi connectivity index (χ4v) is 2.53. The summed E-state index contributed by atoms with van der Waals surface area (Å²) in [6.07, 6.45) is 0. The standard InChI is InChI=1S/C15H14BrClFNO/c1-9(19-2)12-5-4-11(8-14(12)17)20-15-6-3-10(18)7-13(15)16/h3-9,19H,1-2H3. The molecule has 5 heteroatoms. The Labute approximate surface area is 131 Å². The number of hydrogen-bond acceptors (Lipinski definition) is 2. The molecule has 2 nitrogen and oxygen atoms in total. The monoisotopic (exact) mass is 357 g/mol. The maximum atomic E-state index is 13.0. The van der Waals surface area contributed by atoms with Gasteiger partial charge in [-0.3, -0.25) is 0 Å². The molecule has 0 aliphatic rings. The summed E-state index contributed by atoms with van der Waals surface area (Å²) in [5, 5.41) is 3.76. The largest absolute Gasteiger partial charge is 0.456 e. The van der Waals surface area contributed by atoms with Gasteiger partial charge in [0.2, 0.25) is 0 Å². The molecule has 2 aromatic rings. The molecular formula is C15H14BrClFNO. The van der Waals surface area contributed by atoms with Crippen LogP contribution in [0.1, 0.15) is 18.5 Å². The Morgan fingerprint density at radius 2 is 2.00 bits per heavy atom. The van der Waals surface area contributed by atoms with Crippen molar-refractivity contribution in [1.82, 2.24) is 5.32 Å². The fourth-order valence-electron chi connectivity index (χ4n) is 1.76. The molecular weight excluding hydrogens is 345 g/mol. The van der Waals surface area contributed by atoms with Gasteiger partial charge in [-0.2, -0.15) is 0 Å². The summed E-state index contributed by atoms with van der Waals surface area (Å²) in [5.74, 6) is 0.826. The molecule has 0 bridgehead atoms. The third-order valence-corrected chi connectivity index (χ3v) is 3.94. The number of hydrogen-bond donors (Lipinski definition) is 1. The van der Waals surface area contributed by atoms with Crippen LogP contribution in [0, 0.1) is 5.82 Å². The second-order valence-corrected chi connectivity index (χ2v) is 5.63. The predicted octanol–water partition coefficient (Wildman–Crippen LogP) is 5.31. The summed E-state index contributed by atoms with van der Waals surface area (Å²) in [6, 6.07) is 9.93. The topological polar surface area (TPSA) is 21.3 Å². The smallest absolute Gasteiger partial charge is 0.141 e. The van der Waals surface area contributed by atoms with E-state index in [-0.39, 0.29) is 11.9 Å². The molecule has 0 amide bonds. The Hall–Kier alpha value is -1.10. The van der Waals surface area contributed by atoms with E-state index in [0.29, 0.717) is 21.0 Å². The maximum Gasteiger partial charge on any atom is 0.141 e. The highest BCUT2D eigenvalue weighted by molar-refractivity contribution is 9.10. The van der Waals surface area contributed by atoms with Gasteiger partial charge in [0.25, 0.3) is 0 Å². The van der Waals surface area contributed by atoms with Crippen LogP contribution in [0.2, 0.25) is 5.02 Å². The second-order valence-electron chi connectivity index (χ2n) is 4.37. The average Bonchev–Trinajstić information content (AvgIpc) is 2.41. The second kappa shape index (κ2) is 6.57. The minimum Gasteiger partial charge on any atom is -0.456 e. The van der Waals surface area contributed by atoms with Gasteiger partial charge >= 0.3 is 0 Å². The zero-order valence-electron chi connectivity index (χ0n) is 11.1. The van der Waals surface area contributed by atoms with Gasteiger partial charge < -0.3 is 10.1 Å². The van der Waals surface area contributed by atoms with E-state index in [1.165, 1.54) is 12.1 Å². The molecule has 0 radical (unpaired) electrons. The van der Waals surface area contributed by atoms with E-state index in [0.717, 1.165) is 5.56 Å². The summed E-state index contributed by atoms with van der Waals surface area (Å²) in [7, 11) is 1.88. The predicted molar refractivity (Wildman–Crippen MR) is 83.1 cm³/mol. The lowest BCUT2D eigenvalue weighted by Crippen LogP contribution is -2.12. The Bertz CT molecular complexity index is 621. The van der Waals surface area contributed by atoms with Gasteiger partial charge in [-0.1, -0.05) is 17.7 Å². The van der Waals surface area contributed by atoms with Crippen LogP contribution in [-0.4, -0.2) is 7.05 Å². The number of rotatable bonds is 4. The van der Waals surface area contributed by atoms with E-state index in [1.54, 1.807) is 12.1 Å². The molecule has 0 aromatic heterocycles. The van der Waals surface area contributed by atoms with E-state index in [4.69, 9.17) is 16.3 Å². The van der Waals surface area contributed by atoms with Gasteiger partial charge in [-0.05, 0) is 65.8 Å². The van der Waals surface area contributed by atoms with E-state index in [9.17, 15) is 4.39 Å². The van der Waals surface area contributed by atoms with Crippen LogP contribution in [0.5, 0.6) is 11.5 Å². The lowest BCUT2D eigenvalue weighted by Gasteiger charge is -2.14. The molecule has 1 atom stereocenters. The Morgan fingerprint density at radius 3 is 2.60 bits per heavy atom. The third-order valence-electron chi connectivity index (χ3n) is 2.99. The van der Waals surface area contributed by atoms with Crippen molar-refractivity contribution in [3.63, 3.8) is 0 Å². The molecule has 1 unspecified atom stereocenters. The Kier molecular flexibility index (Phi) is 5.02. The normalized spacial score (nSPS) is 12.2. The zero-order chi connectivity index (χ0) is 14.7. The van der Waals surface area contributed by atoms with Crippen LogP contribution in [0.4, 0.5) is 4.39 Å². The highest BCUT2D eigenvalue weighted by Gasteiger charge is 2.10. The lowest BCUT2D eigenvalue weighted by molar-refractivity contribution is 0.476. The van der Waals surface area contributed by atoms with Crippen molar-refractivity contribution < 1.29 is 9.13 Å². The number of benzene rings is 2. The van der Waals surface area contributed by atoms with E-state index >= 15 is 0 Å². The SMILES string of the molecule is CNC(C)c1ccc(Oc2ccc(F)cc2Br)cc1Cl. The van der Waals surface area contributed by atoms with Crippen LogP contribution < -0.4 is 10.1 Å². The first-order valence-corrected chi connectivity index (χ1v) is 7.28. The molecule has 0 spiro atoms. The molecule has 0 heterocycles. The minimum atomic E-state index is -0.319. The molecule has 0 fully saturated rings. The quantitative estimate of drug-likeness (QED) is 0.799. The Balaban J connectivity index is 2.24. The van der Waals surface area contributed by atoms with Crippen LogP contribution in [0.25, 0.3) is 0 Å². The van der Waals surface area contributed by atoms with Crippen molar-refractivity contribution in [3.8, 4) is 11.5 Å². The van der Waals surface area contributed by atoms with Crippen molar-refractivity contribution in [2.45, 2.75) is 13.0 Å². The zero-order valence-corrected chi connectivity index (χ0v) is 13.4. The van der Waals surface area contributed by atoms with Crippen LogP contribution in [-0.2, 0) is 0 Å². The highest BCUT2D eigenvalue weighted by atomic mass is 79.9. The minimum absolute atomic E-state index is 0.161. The van der Waals surface area contributed by atoms with E-state index in [2.05, 4.69) is 21.2 Å². The summed E-state index contributed by atoms with van der Waals surface area (Å²) in [5.41, 5.74) is 1.000. The van der Waals surface area contributed by atoms with E-state index in [1.807, 2.05) is 26.1 Å². The van der Waals surface area contributed by atoms with Crippen molar-refractivity contribution in [3.05, 3.63) is 57.3 Å². The molecule has 2 aromatic carbocycles.